The summed E-state index contributed by atoms with van der Waals surface area (Å²) in [5.41, 5.74) is 0. The lowest BCUT2D eigenvalue weighted by molar-refractivity contribution is -0.167. The van der Waals surface area contributed by atoms with Crippen molar-refractivity contribution in [1.82, 2.24) is 0 Å². The zero-order chi connectivity index (χ0) is 58.5. The normalized spacial score (nSPS) is 12.9. The van der Waals surface area contributed by atoms with E-state index < -0.39 is 6.10 Å². The van der Waals surface area contributed by atoms with E-state index in [9.17, 15) is 14.4 Å². The van der Waals surface area contributed by atoms with Gasteiger partial charge in [0.05, 0.1) is 0 Å². The predicted octanol–water partition coefficient (Wildman–Crippen LogP) is 23.6. The van der Waals surface area contributed by atoms with E-state index in [1.54, 1.807) is 0 Å². The molecule has 0 spiro atoms. The average molecular weight is 1120 g/mol. The summed E-state index contributed by atoms with van der Waals surface area (Å²) in [5.74, 6) is -0.913. The number of carbonyl (C=O) groups excluding carboxylic acids is 3. The van der Waals surface area contributed by atoms with Crippen LogP contribution in [-0.4, -0.2) is 37.2 Å². The van der Waals surface area contributed by atoms with Gasteiger partial charge in [-0.05, 0) is 135 Å². The van der Waals surface area contributed by atoms with Gasteiger partial charge in [0.15, 0.2) is 6.10 Å². The van der Waals surface area contributed by atoms with Gasteiger partial charge in [-0.3, -0.25) is 14.4 Å². The standard InChI is InChI=1S/C75H126O6/c1-4-7-10-13-16-19-22-25-28-31-34-36-37-39-41-44-47-50-53-56-59-62-65-68-74(77)80-71-72(70-79-73(76)67-64-61-58-55-52-49-46-43-40-33-30-27-24-21-18-15-12-9-6-3)81-75(78)69-66-63-60-57-54-51-48-45-42-38-35-32-29-26-23-20-17-14-11-8-5-2/h7,10,16,18-19,21,23,25-28,30,32,34-36,40,42-43,45,72H,4-6,8-9,11-15,17,20,22,24,29,31,33,37-39,41,44,46-71H2,1-3H3/b10-7-,19-16-,21-18-,26-23-,28-25-,30-27-,35-32-,36-34-,43-40-,45-42-. The first-order chi connectivity index (χ1) is 40.0. The molecule has 6 nitrogen and oxygen atoms in total. The molecule has 6 heteroatoms. The molecule has 1 atom stereocenters. The van der Waals surface area contributed by atoms with Crippen LogP contribution in [0.15, 0.2) is 122 Å². The van der Waals surface area contributed by atoms with E-state index in [2.05, 4.69) is 142 Å². The van der Waals surface area contributed by atoms with Gasteiger partial charge in [-0.15, -0.1) is 0 Å². The summed E-state index contributed by atoms with van der Waals surface area (Å²) in [6.07, 6.45) is 94.8. The Morgan fingerprint density at radius 1 is 0.259 bits per heavy atom. The van der Waals surface area contributed by atoms with Gasteiger partial charge < -0.3 is 14.2 Å². The van der Waals surface area contributed by atoms with Crippen LogP contribution in [0, 0.1) is 0 Å². The lowest BCUT2D eigenvalue weighted by Gasteiger charge is -2.18. The molecule has 0 radical (unpaired) electrons. The molecule has 0 fully saturated rings. The Hall–Kier alpha value is -4.19. The number of rotatable bonds is 61. The quantitative estimate of drug-likeness (QED) is 0.0261. The number of unbranched alkanes of at least 4 members (excludes halogenated alkanes) is 30. The van der Waals surface area contributed by atoms with Crippen molar-refractivity contribution in [1.29, 1.82) is 0 Å². The third kappa shape index (κ3) is 66.5. The third-order valence-electron chi connectivity index (χ3n) is 14.4. The van der Waals surface area contributed by atoms with E-state index in [0.717, 1.165) is 128 Å². The van der Waals surface area contributed by atoms with Crippen molar-refractivity contribution in [3.05, 3.63) is 122 Å². The molecule has 0 aliphatic carbocycles. The molecule has 81 heavy (non-hydrogen) atoms. The largest absolute Gasteiger partial charge is 0.462 e. The van der Waals surface area contributed by atoms with Crippen LogP contribution in [0.1, 0.15) is 316 Å². The molecule has 0 N–H and O–H groups in total. The molecule has 0 aliphatic heterocycles. The number of esters is 3. The molecule has 0 rings (SSSR count). The second-order valence-corrected chi connectivity index (χ2v) is 22.3. The van der Waals surface area contributed by atoms with Crippen LogP contribution in [0.5, 0.6) is 0 Å². The van der Waals surface area contributed by atoms with Crippen LogP contribution in [0.3, 0.4) is 0 Å². The van der Waals surface area contributed by atoms with E-state index in [1.165, 1.54) is 148 Å². The molecule has 1 unspecified atom stereocenters. The molecular formula is C75H126O6. The maximum atomic E-state index is 13.0. The van der Waals surface area contributed by atoms with Gasteiger partial charge in [0.1, 0.15) is 13.2 Å². The highest BCUT2D eigenvalue weighted by atomic mass is 16.6. The summed E-state index contributed by atoms with van der Waals surface area (Å²) < 4.78 is 17.0. The van der Waals surface area contributed by atoms with Crippen LogP contribution >= 0.6 is 0 Å². The van der Waals surface area contributed by atoms with Crippen LogP contribution in [0.4, 0.5) is 0 Å². The zero-order valence-corrected chi connectivity index (χ0v) is 53.0. The monoisotopic (exact) mass is 1120 g/mol. The lowest BCUT2D eigenvalue weighted by atomic mass is 10.1. The molecule has 0 heterocycles. The van der Waals surface area contributed by atoms with Gasteiger partial charge in [-0.2, -0.15) is 0 Å². The van der Waals surface area contributed by atoms with Crippen molar-refractivity contribution >= 4 is 17.9 Å². The molecule has 462 valence electrons. The molecule has 0 amide bonds. The highest BCUT2D eigenvalue weighted by Gasteiger charge is 2.19. The fraction of sp³-hybridized carbons (Fsp3) is 0.693. The fourth-order valence-electron chi connectivity index (χ4n) is 9.33. The van der Waals surface area contributed by atoms with Crippen molar-refractivity contribution in [3.8, 4) is 0 Å². The SMILES string of the molecule is CC/C=C\C/C=C\C/C=C\C/C=C\CCCCCCCCCCCCC(=O)OCC(COC(=O)CCCCCCCC/C=C\C/C=C\C/C=C\CCCCC)OC(=O)CCCCCCCC/C=C\C/C=C\C/C=C\CCCCCCC. The zero-order valence-electron chi connectivity index (χ0n) is 53.0. The van der Waals surface area contributed by atoms with Crippen LogP contribution < -0.4 is 0 Å². The van der Waals surface area contributed by atoms with Crippen molar-refractivity contribution in [3.63, 3.8) is 0 Å². The van der Waals surface area contributed by atoms with Gasteiger partial charge in [-0.25, -0.2) is 0 Å². The van der Waals surface area contributed by atoms with Gasteiger partial charge in [-0.1, -0.05) is 284 Å². The highest BCUT2D eigenvalue weighted by molar-refractivity contribution is 5.71. The second kappa shape index (κ2) is 68.3. The molecular weight excluding hydrogens is 997 g/mol. The molecule has 0 saturated heterocycles. The predicted molar refractivity (Wildman–Crippen MR) is 353 cm³/mol. The number of carbonyl (C=O) groups is 3. The van der Waals surface area contributed by atoms with Crippen molar-refractivity contribution in [2.45, 2.75) is 322 Å². The highest BCUT2D eigenvalue weighted by Crippen LogP contribution is 2.16. The molecule has 0 aromatic heterocycles. The second-order valence-electron chi connectivity index (χ2n) is 22.3. The summed E-state index contributed by atoms with van der Waals surface area (Å²) in [6, 6.07) is 0. The Bertz CT molecular complexity index is 1670. The molecule has 0 saturated carbocycles. The topological polar surface area (TPSA) is 78.9 Å². The van der Waals surface area contributed by atoms with Crippen LogP contribution in [0.25, 0.3) is 0 Å². The maximum absolute atomic E-state index is 13.0. The molecule has 0 bridgehead atoms. The molecule has 0 aromatic carbocycles. The number of allylic oxidation sites excluding steroid dienone is 20. The minimum absolute atomic E-state index is 0.0918. The first-order valence-electron chi connectivity index (χ1n) is 34.0. The molecule has 0 aromatic rings. The molecule has 0 aliphatic rings. The minimum atomic E-state index is -0.798. The van der Waals surface area contributed by atoms with E-state index in [0.29, 0.717) is 19.3 Å². The lowest BCUT2D eigenvalue weighted by Crippen LogP contribution is -2.30. The van der Waals surface area contributed by atoms with Crippen molar-refractivity contribution in [2.24, 2.45) is 0 Å². The Morgan fingerprint density at radius 2 is 0.481 bits per heavy atom. The van der Waals surface area contributed by atoms with E-state index in [-0.39, 0.29) is 31.1 Å². The third-order valence-corrected chi connectivity index (χ3v) is 14.4. The van der Waals surface area contributed by atoms with Crippen molar-refractivity contribution < 1.29 is 28.6 Å². The fourth-order valence-corrected chi connectivity index (χ4v) is 9.33. The Kier molecular flexibility index (Phi) is 64.8. The van der Waals surface area contributed by atoms with Crippen molar-refractivity contribution in [2.75, 3.05) is 13.2 Å². The smallest absolute Gasteiger partial charge is 0.306 e. The number of hydrogen-bond donors (Lipinski definition) is 0. The van der Waals surface area contributed by atoms with E-state index in [4.69, 9.17) is 14.2 Å². The first-order valence-corrected chi connectivity index (χ1v) is 34.0. The summed E-state index contributed by atoms with van der Waals surface area (Å²) in [4.78, 5) is 38.5. The summed E-state index contributed by atoms with van der Waals surface area (Å²) >= 11 is 0. The van der Waals surface area contributed by atoms with Gasteiger partial charge in [0.25, 0.3) is 0 Å². The van der Waals surface area contributed by atoms with Crippen LogP contribution in [-0.2, 0) is 28.6 Å². The van der Waals surface area contributed by atoms with E-state index in [1.807, 2.05) is 0 Å². The number of hydrogen-bond acceptors (Lipinski definition) is 6. The Labute approximate surface area is 501 Å². The van der Waals surface area contributed by atoms with Gasteiger partial charge >= 0.3 is 17.9 Å². The Morgan fingerprint density at radius 3 is 0.778 bits per heavy atom. The minimum Gasteiger partial charge on any atom is -0.462 e. The summed E-state index contributed by atoms with van der Waals surface area (Å²) in [6.45, 7) is 6.49. The first kappa shape index (κ1) is 76.8. The number of ether oxygens (including phenoxy) is 3. The average Bonchev–Trinajstić information content (AvgIpc) is 3.47. The van der Waals surface area contributed by atoms with E-state index >= 15 is 0 Å². The maximum Gasteiger partial charge on any atom is 0.306 e. The Balaban J connectivity index is 4.45. The van der Waals surface area contributed by atoms with Gasteiger partial charge in [0, 0.05) is 19.3 Å². The van der Waals surface area contributed by atoms with Crippen LogP contribution in [0.2, 0.25) is 0 Å². The van der Waals surface area contributed by atoms with Gasteiger partial charge in [0.2, 0.25) is 0 Å². The summed E-state index contributed by atoms with van der Waals surface area (Å²) in [5, 5.41) is 0. The summed E-state index contributed by atoms with van der Waals surface area (Å²) in [7, 11) is 0.